The van der Waals surface area contributed by atoms with Crippen molar-refractivity contribution in [3.05, 3.63) is 41.3 Å². The Morgan fingerprint density at radius 1 is 1.09 bits per heavy atom. The van der Waals surface area contributed by atoms with Gasteiger partial charge in [0.2, 0.25) is 0 Å². The van der Waals surface area contributed by atoms with E-state index in [2.05, 4.69) is 4.98 Å². The van der Waals surface area contributed by atoms with Crippen LogP contribution in [0.1, 0.15) is 32.8 Å². The molecule has 2 aromatic heterocycles. The fraction of sp³-hybridized carbons (Fsp3) is 0.312. The normalized spacial score (nSPS) is 12.8. The minimum atomic E-state index is -0.533. The number of hydrogen-bond acceptors (Lipinski definition) is 5. The lowest BCUT2D eigenvalue weighted by atomic mass is 10.0. The van der Waals surface area contributed by atoms with Crippen molar-refractivity contribution in [3.63, 3.8) is 0 Å². The van der Waals surface area contributed by atoms with Gasteiger partial charge in [-0.2, -0.15) is 0 Å². The highest BCUT2D eigenvalue weighted by atomic mass is 16.5. The van der Waals surface area contributed by atoms with Crippen molar-refractivity contribution in [1.82, 2.24) is 9.55 Å². The van der Waals surface area contributed by atoms with E-state index in [9.17, 15) is 9.59 Å². The van der Waals surface area contributed by atoms with Gasteiger partial charge in [0.05, 0.1) is 25.5 Å². The average molecular weight is 300 g/mol. The van der Waals surface area contributed by atoms with Gasteiger partial charge in [0.1, 0.15) is 5.56 Å². The molecule has 3 rings (SSSR count). The molecule has 0 aliphatic carbocycles. The van der Waals surface area contributed by atoms with Crippen LogP contribution in [0.3, 0.4) is 0 Å². The van der Waals surface area contributed by atoms with Gasteiger partial charge in [-0.1, -0.05) is 0 Å². The Labute approximate surface area is 127 Å². The number of rotatable bonds is 3. The molecule has 114 valence electrons. The molecule has 3 heterocycles. The number of fused-ring (bicyclic) bond motifs is 1. The average Bonchev–Trinajstić information content (AvgIpc) is 3.13. The molecule has 22 heavy (non-hydrogen) atoms. The lowest BCUT2D eigenvalue weighted by Gasteiger charge is -2.09. The summed E-state index contributed by atoms with van der Waals surface area (Å²) in [6, 6.07) is 3.63. The third kappa shape index (κ3) is 2.07. The molecule has 0 amide bonds. The van der Waals surface area contributed by atoms with Crippen molar-refractivity contribution in [1.29, 1.82) is 0 Å². The third-order valence-electron chi connectivity index (χ3n) is 3.90. The van der Waals surface area contributed by atoms with E-state index in [1.54, 1.807) is 12.4 Å². The maximum Gasteiger partial charge on any atom is 0.340 e. The first kappa shape index (κ1) is 14.3. The van der Waals surface area contributed by atoms with Crippen molar-refractivity contribution < 1.29 is 19.1 Å². The second-order valence-electron chi connectivity index (χ2n) is 5.02. The Bertz CT molecular complexity index is 734. The highest BCUT2D eigenvalue weighted by Gasteiger charge is 2.34. The molecule has 1 aliphatic rings. The highest BCUT2D eigenvalue weighted by Crippen LogP contribution is 2.36. The van der Waals surface area contributed by atoms with Crippen LogP contribution in [-0.4, -0.2) is 35.7 Å². The number of carbonyl (C=O) groups is 2. The molecule has 0 spiro atoms. The Hall–Kier alpha value is -2.63. The van der Waals surface area contributed by atoms with Crippen LogP contribution in [-0.2, 0) is 22.4 Å². The maximum absolute atomic E-state index is 12.3. The number of nitrogens with zero attached hydrogens (tertiary/aromatic N) is 2. The van der Waals surface area contributed by atoms with Crippen molar-refractivity contribution in [2.24, 2.45) is 0 Å². The van der Waals surface area contributed by atoms with Crippen LogP contribution in [0.25, 0.3) is 11.3 Å². The quantitative estimate of drug-likeness (QED) is 0.812. The van der Waals surface area contributed by atoms with Crippen LogP contribution >= 0.6 is 0 Å². The number of aromatic nitrogens is 2. The number of carbonyl (C=O) groups excluding carboxylic acids is 2. The highest BCUT2D eigenvalue weighted by molar-refractivity contribution is 6.09. The van der Waals surface area contributed by atoms with Gasteiger partial charge in [0.25, 0.3) is 0 Å². The van der Waals surface area contributed by atoms with Gasteiger partial charge in [-0.25, -0.2) is 9.59 Å². The van der Waals surface area contributed by atoms with Crippen LogP contribution in [0.5, 0.6) is 0 Å². The standard InChI is InChI=1S/C16H16N2O4/c1-21-15(19)12-11-4-3-9-18(11)14(13(12)16(20)22-2)10-5-7-17-8-6-10/h5-8H,3-4,9H2,1-2H3. The van der Waals surface area contributed by atoms with E-state index >= 15 is 0 Å². The summed E-state index contributed by atoms with van der Waals surface area (Å²) in [5.74, 6) is -1.04. The lowest BCUT2D eigenvalue weighted by molar-refractivity contribution is 0.0556. The molecule has 0 N–H and O–H groups in total. The van der Waals surface area contributed by atoms with Gasteiger partial charge in [0.15, 0.2) is 0 Å². The summed E-state index contributed by atoms with van der Waals surface area (Å²) in [4.78, 5) is 28.5. The molecular weight excluding hydrogens is 284 g/mol. The Balaban J connectivity index is 2.33. The number of pyridine rings is 1. The zero-order valence-electron chi connectivity index (χ0n) is 12.5. The van der Waals surface area contributed by atoms with E-state index in [4.69, 9.17) is 9.47 Å². The van der Waals surface area contributed by atoms with Gasteiger partial charge in [0, 0.05) is 30.2 Å². The molecule has 0 bridgehead atoms. The van der Waals surface area contributed by atoms with Gasteiger partial charge >= 0.3 is 11.9 Å². The first-order chi connectivity index (χ1) is 10.7. The Kier molecular flexibility index (Phi) is 3.66. The van der Waals surface area contributed by atoms with Gasteiger partial charge in [-0.3, -0.25) is 4.98 Å². The molecule has 1 aliphatic heterocycles. The van der Waals surface area contributed by atoms with Crippen molar-refractivity contribution >= 4 is 11.9 Å². The second-order valence-corrected chi connectivity index (χ2v) is 5.02. The molecule has 6 nitrogen and oxygen atoms in total. The number of hydrogen-bond donors (Lipinski definition) is 0. The van der Waals surface area contributed by atoms with E-state index < -0.39 is 11.9 Å². The summed E-state index contributed by atoms with van der Waals surface area (Å²) >= 11 is 0. The third-order valence-corrected chi connectivity index (χ3v) is 3.90. The fourth-order valence-electron chi connectivity index (χ4n) is 3.01. The van der Waals surface area contributed by atoms with E-state index in [0.29, 0.717) is 11.3 Å². The second kappa shape index (κ2) is 5.63. The summed E-state index contributed by atoms with van der Waals surface area (Å²) in [5, 5.41) is 0. The van der Waals surface area contributed by atoms with Crippen LogP contribution in [0.15, 0.2) is 24.5 Å². The summed E-state index contributed by atoms with van der Waals surface area (Å²) < 4.78 is 11.8. The van der Waals surface area contributed by atoms with Crippen LogP contribution < -0.4 is 0 Å². The zero-order chi connectivity index (χ0) is 15.7. The summed E-state index contributed by atoms with van der Waals surface area (Å²) in [6.45, 7) is 0.758. The Morgan fingerprint density at radius 3 is 2.36 bits per heavy atom. The van der Waals surface area contributed by atoms with Gasteiger partial charge in [-0.05, 0) is 25.0 Å². The molecule has 0 saturated carbocycles. The Morgan fingerprint density at radius 2 is 1.73 bits per heavy atom. The summed E-state index contributed by atoms with van der Waals surface area (Å²) in [6.07, 6.45) is 4.98. The van der Waals surface area contributed by atoms with Crippen molar-refractivity contribution in [3.8, 4) is 11.3 Å². The molecule has 2 aromatic rings. The first-order valence-electron chi connectivity index (χ1n) is 7.01. The first-order valence-corrected chi connectivity index (χ1v) is 7.01. The number of esters is 2. The molecule has 0 saturated heterocycles. The lowest BCUT2D eigenvalue weighted by Crippen LogP contribution is -2.12. The summed E-state index contributed by atoms with van der Waals surface area (Å²) in [5.41, 5.74) is 2.95. The number of ether oxygens (including phenoxy) is 2. The predicted molar refractivity (Wildman–Crippen MR) is 78.7 cm³/mol. The van der Waals surface area contributed by atoms with E-state index in [1.807, 2.05) is 16.7 Å². The van der Waals surface area contributed by atoms with Crippen LogP contribution in [0, 0.1) is 0 Å². The minimum Gasteiger partial charge on any atom is -0.465 e. The molecule has 0 fully saturated rings. The largest absolute Gasteiger partial charge is 0.465 e. The van der Waals surface area contributed by atoms with Gasteiger partial charge < -0.3 is 14.0 Å². The molecule has 6 heteroatoms. The van der Waals surface area contributed by atoms with E-state index in [1.165, 1.54) is 14.2 Å². The topological polar surface area (TPSA) is 70.4 Å². The predicted octanol–water partition coefficient (Wildman–Crippen LogP) is 2.07. The van der Waals surface area contributed by atoms with E-state index in [-0.39, 0.29) is 5.56 Å². The van der Waals surface area contributed by atoms with Crippen molar-refractivity contribution in [2.75, 3.05) is 14.2 Å². The fourth-order valence-corrected chi connectivity index (χ4v) is 3.01. The molecular formula is C16H16N2O4. The summed E-state index contributed by atoms with van der Waals surface area (Å²) in [7, 11) is 2.62. The van der Waals surface area contributed by atoms with Crippen LogP contribution in [0.2, 0.25) is 0 Å². The van der Waals surface area contributed by atoms with Crippen LogP contribution in [0.4, 0.5) is 0 Å². The molecule has 0 atom stereocenters. The van der Waals surface area contributed by atoms with Crippen molar-refractivity contribution in [2.45, 2.75) is 19.4 Å². The monoisotopic (exact) mass is 300 g/mol. The SMILES string of the molecule is COC(=O)c1c(C(=O)OC)c(-c2ccncc2)n2c1CCC2. The zero-order valence-corrected chi connectivity index (χ0v) is 12.5. The minimum absolute atomic E-state index is 0.273. The molecule has 0 aromatic carbocycles. The maximum atomic E-state index is 12.3. The molecule has 0 radical (unpaired) electrons. The molecule has 0 unspecified atom stereocenters. The smallest absolute Gasteiger partial charge is 0.340 e. The number of methoxy groups -OCH3 is 2. The van der Waals surface area contributed by atoms with E-state index in [0.717, 1.165) is 30.6 Å². The van der Waals surface area contributed by atoms with Gasteiger partial charge in [-0.15, -0.1) is 0 Å².